The Balaban J connectivity index is 2.20. The number of aryl methyl sites for hydroxylation is 1. The fourth-order valence-electron chi connectivity index (χ4n) is 1.66. The minimum absolute atomic E-state index is 0.254. The molecule has 0 aliphatic rings. The number of nitrogens with one attached hydrogen (secondary N) is 1. The number of halogens is 1. The van der Waals surface area contributed by atoms with Gasteiger partial charge in [-0.25, -0.2) is 0 Å². The molecule has 4 heteroatoms. The number of hydrogen-bond donors (Lipinski definition) is 1. The van der Waals surface area contributed by atoms with Crippen LogP contribution in [0.5, 0.6) is 0 Å². The van der Waals surface area contributed by atoms with Crippen LogP contribution in [0, 0.1) is 6.92 Å². The molecule has 0 aliphatic heterocycles. The van der Waals surface area contributed by atoms with E-state index in [0.29, 0.717) is 0 Å². The summed E-state index contributed by atoms with van der Waals surface area (Å²) in [7, 11) is 1.95. The van der Waals surface area contributed by atoms with E-state index in [9.17, 15) is 0 Å². The van der Waals surface area contributed by atoms with E-state index in [2.05, 4.69) is 10.7 Å². The fraction of sp³-hybridized carbons (Fsp3) is 0.333. The normalized spacial score (nSPS) is 12.9. The van der Waals surface area contributed by atoms with Crippen LogP contribution in [-0.4, -0.2) is 7.05 Å². The second kappa shape index (κ2) is 5.04. The predicted molar refractivity (Wildman–Crippen MR) is 68.3 cm³/mol. The van der Waals surface area contributed by atoms with Gasteiger partial charge in [-0.05, 0) is 43.0 Å². The third-order valence-corrected chi connectivity index (χ3v) is 4.44. The lowest BCUT2D eigenvalue weighted by Gasteiger charge is -2.14. The van der Waals surface area contributed by atoms with E-state index in [1.165, 1.54) is 10.4 Å². The summed E-state index contributed by atoms with van der Waals surface area (Å²) in [5.41, 5.74) is 2.33. The van der Waals surface area contributed by atoms with Gasteiger partial charge >= 0.3 is 0 Å². The molecule has 0 saturated carbocycles. The quantitative estimate of drug-likeness (QED) is 0.899. The zero-order valence-corrected chi connectivity index (χ0v) is 10.9. The molecule has 0 aromatic carbocycles. The van der Waals surface area contributed by atoms with Crippen molar-refractivity contribution in [3.05, 3.63) is 45.0 Å². The first kappa shape index (κ1) is 11.7. The molecule has 0 aliphatic carbocycles. The molecular weight excluding hydrogens is 242 g/mol. The van der Waals surface area contributed by atoms with Crippen molar-refractivity contribution >= 4 is 22.9 Å². The van der Waals surface area contributed by atoms with Gasteiger partial charge in [0.05, 0.1) is 17.5 Å². The maximum absolute atomic E-state index is 6.27. The molecule has 1 N–H and O–H groups in total. The zero-order chi connectivity index (χ0) is 11.5. The molecule has 0 bridgehead atoms. The van der Waals surface area contributed by atoms with E-state index in [4.69, 9.17) is 16.0 Å². The number of furan rings is 1. The van der Waals surface area contributed by atoms with Crippen LogP contribution in [0.3, 0.4) is 0 Å². The van der Waals surface area contributed by atoms with Crippen LogP contribution in [-0.2, 0) is 6.42 Å². The molecule has 0 amide bonds. The van der Waals surface area contributed by atoms with Gasteiger partial charge in [-0.3, -0.25) is 0 Å². The molecule has 2 nitrogen and oxygen atoms in total. The van der Waals surface area contributed by atoms with Gasteiger partial charge in [0.1, 0.15) is 0 Å². The Morgan fingerprint density at radius 3 is 2.88 bits per heavy atom. The van der Waals surface area contributed by atoms with E-state index in [-0.39, 0.29) is 6.04 Å². The summed E-state index contributed by atoms with van der Waals surface area (Å²) >= 11 is 7.98. The molecule has 2 heterocycles. The maximum Gasteiger partial charge on any atom is 0.0935 e. The van der Waals surface area contributed by atoms with Gasteiger partial charge in [-0.1, -0.05) is 11.6 Å². The van der Waals surface area contributed by atoms with Crippen molar-refractivity contribution in [3.63, 3.8) is 0 Å². The molecule has 86 valence electrons. The summed E-state index contributed by atoms with van der Waals surface area (Å²) in [5.74, 6) is 0. The predicted octanol–water partition coefficient (Wildman–Crippen LogP) is 3.81. The molecule has 0 saturated heterocycles. The average Bonchev–Trinajstić information content (AvgIpc) is 2.88. The van der Waals surface area contributed by atoms with Crippen molar-refractivity contribution in [3.8, 4) is 0 Å². The summed E-state index contributed by atoms with van der Waals surface area (Å²) in [6.45, 7) is 2.03. The Labute approximate surface area is 104 Å². The number of hydrogen-bond acceptors (Lipinski definition) is 3. The SMILES string of the molecule is CNC(Cc1ccoc1)c1scc(C)c1Cl. The van der Waals surface area contributed by atoms with Crippen molar-refractivity contribution in [2.24, 2.45) is 0 Å². The number of rotatable bonds is 4. The highest BCUT2D eigenvalue weighted by Crippen LogP contribution is 2.33. The largest absolute Gasteiger partial charge is 0.472 e. The average molecular weight is 256 g/mol. The van der Waals surface area contributed by atoms with Crippen molar-refractivity contribution in [2.45, 2.75) is 19.4 Å². The van der Waals surface area contributed by atoms with Gasteiger partial charge in [-0.2, -0.15) is 0 Å². The molecular formula is C12H14ClNOS. The topological polar surface area (TPSA) is 25.2 Å². The van der Waals surface area contributed by atoms with Gasteiger partial charge in [0, 0.05) is 10.9 Å². The van der Waals surface area contributed by atoms with Crippen LogP contribution < -0.4 is 5.32 Å². The first-order valence-corrected chi connectivity index (χ1v) is 6.40. The van der Waals surface area contributed by atoms with Gasteiger partial charge in [0.25, 0.3) is 0 Å². The second-order valence-electron chi connectivity index (χ2n) is 3.77. The van der Waals surface area contributed by atoms with E-state index in [0.717, 1.165) is 17.0 Å². The summed E-state index contributed by atoms with van der Waals surface area (Å²) in [5, 5.41) is 6.27. The molecule has 0 radical (unpaired) electrons. The third-order valence-electron chi connectivity index (χ3n) is 2.61. The van der Waals surface area contributed by atoms with Crippen LogP contribution in [0.2, 0.25) is 5.02 Å². The highest BCUT2D eigenvalue weighted by atomic mass is 35.5. The van der Waals surface area contributed by atoms with Crippen LogP contribution in [0.15, 0.2) is 28.4 Å². The van der Waals surface area contributed by atoms with E-state index >= 15 is 0 Å². The Bertz CT molecular complexity index is 450. The van der Waals surface area contributed by atoms with Crippen molar-refractivity contribution in [1.82, 2.24) is 5.32 Å². The van der Waals surface area contributed by atoms with E-state index in [1.54, 1.807) is 23.9 Å². The molecule has 0 fully saturated rings. The fourth-order valence-corrected chi connectivity index (χ4v) is 3.09. The van der Waals surface area contributed by atoms with Crippen molar-refractivity contribution in [1.29, 1.82) is 0 Å². The van der Waals surface area contributed by atoms with Crippen LogP contribution in [0.25, 0.3) is 0 Å². The van der Waals surface area contributed by atoms with Gasteiger partial charge in [0.15, 0.2) is 0 Å². The summed E-state index contributed by atoms with van der Waals surface area (Å²) < 4.78 is 5.07. The number of likely N-dealkylation sites (N-methyl/N-ethyl adjacent to an activating group) is 1. The molecule has 2 rings (SSSR count). The van der Waals surface area contributed by atoms with Crippen molar-refractivity contribution < 1.29 is 4.42 Å². The van der Waals surface area contributed by atoms with Crippen LogP contribution in [0.1, 0.15) is 22.0 Å². The van der Waals surface area contributed by atoms with Crippen molar-refractivity contribution in [2.75, 3.05) is 7.05 Å². The highest BCUT2D eigenvalue weighted by Gasteiger charge is 2.17. The van der Waals surface area contributed by atoms with Gasteiger partial charge in [-0.15, -0.1) is 11.3 Å². The molecule has 1 atom stereocenters. The summed E-state index contributed by atoms with van der Waals surface area (Å²) in [6.07, 6.45) is 4.37. The molecule has 2 aromatic rings. The Morgan fingerprint density at radius 1 is 1.56 bits per heavy atom. The zero-order valence-electron chi connectivity index (χ0n) is 9.29. The van der Waals surface area contributed by atoms with E-state index < -0.39 is 0 Å². The van der Waals surface area contributed by atoms with E-state index in [1.807, 2.05) is 20.0 Å². The summed E-state index contributed by atoms with van der Waals surface area (Å²) in [4.78, 5) is 1.20. The smallest absolute Gasteiger partial charge is 0.0935 e. The maximum atomic E-state index is 6.27. The molecule has 0 spiro atoms. The minimum Gasteiger partial charge on any atom is -0.472 e. The Kier molecular flexibility index (Phi) is 3.69. The lowest BCUT2D eigenvalue weighted by atomic mass is 10.1. The first-order valence-electron chi connectivity index (χ1n) is 5.14. The van der Waals surface area contributed by atoms with Gasteiger partial charge < -0.3 is 9.73 Å². The summed E-state index contributed by atoms with van der Waals surface area (Å²) in [6, 6.07) is 2.24. The van der Waals surface area contributed by atoms with Gasteiger partial charge in [0.2, 0.25) is 0 Å². The highest BCUT2D eigenvalue weighted by molar-refractivity contribution is 7.10. The Hall–Kier alpha value is -0.770. The standard InChI is InChI=1S/C12H14ClNOS/c1-8-7-16-12(11(8)13)10(14-2)5-9-3-4-15-6-9/h3-4,6-7,10,14H,5H2,1-2H3. The first-order chi connectivity index (χ1) is 7.72. The molecule has 16 heavy (non-hydrogen) atoms. The second-order valence-corrected chi connectivity index (χ2v) is 5.06. The van der Waals surface area contributed by atoms with Crippen LogP contribution in [0.4, 0.5) is 0 Å². The van der Waals surface area contributed by atoms with Crippen LogP contribution >= 0.6 is 22.9 Å². The third kappa shape index (κ3) is 2.32. The lowest BCUT2D eigenvalue weighted by molar-refractivity contribution is 0.554. The minimum atomic E-state index is 0.254. The number of thiophene rings is 1. The molecule has 2 aromatic heterocycles. The monoisotopic (exact) mass is 255 g/mol. The molecule has 1 unspecified atom stereocenters. The Morgan fingerprint density at radius 2 is 2.38 bits per heavy atom. The lowest BCUT2D eigenvalue weighted by Crippen LogP contribution is -2.17.